The molecule has 0 amide bonds. The maximum atomic E-state index is 12.7. The highest BCUT2D eigenvalue weighted by Gasteiger charge is 2.34. The molecule has 1 aromatic carbocycles. The SMILES string of the molecule is C.CCC1(c2cccc(OC(=O)CC(C(=O)OC[C@H](N)C(=O)O)C(C)C)c2)CCCCN(C)C1.Cl. The zero-order valence-corrected chi connectivity index (χ0v) is 21.4. The first kappa shape index (κ1) is 32.8. The lowest BCUT2D eigenvalue weighted by Gasteiger charge is -2.35. The Morgan fingerprint density at radius 1 is 1.23 bits per heavy atom. The average Bonchev–Trinajstić information content (AvgIpc) is 2.97. The minimum atomic E-state index is -1.30. The number of hydrogen-bond donors (Lipinski definition) is 2. The lowest BCUT2D eigenvalue weighted by Crippen LogP contribution is -2.37. The van der Waals surface area contributed by atoms with E-state index in [1.54, 1.807) is 19.9 Å². The van der Waals surface area contributed by atoms with Gasteiger partial charge in [0, 0.05) is 12.0 Å². The molecule has 1 aliphatic heterocycles. The molecule has 1 aromatic rings. The number of halogens is 1. The Labute approximate surface area is 215 Å². The van der Waals surface area contributed by atoms with Gasteiger partial charge in [0.15, 0.2) is 0 Å². The maximum absolute atomic E-state index is 12.7. The van der Waals surface area contributed by atoms with Gasteiger partial charge in [-0.25, -0.2) is 0 Å². The highest BCUT2D eigenvalue weighted by Crippen LogP contribution is 2.37. The Morgan fingerprint density at radius 2 is 1.91 bits per heavy atom. The van der Waals surface area contributed by atoms with Crippen LogP contribution in [-0.4, -0.2) is 60.7 Å². The quantitative estimate of drug-likeness (QED) is 0.355. The summed E-state index contributed by atoms with van der Waals surface area (Å²) in [5.74, 6) is -2.93. The van der Waals surface area contributed by atoms with Crippen LogP contribution in [0.3, 0.4) is 0 Å². The number of carbonyl (C=O) groups is 3. The Bertz CT molecular complexity index is 834. The zero-order valence-electron chi connectivity index (χ0n) is 20.6. The summed E-state index contributed by atoms with van der Waals surface area (Å²) in [6.45, 7) is 7.39. The smallest absolute Gasteiger partial charge is 0.324 e. The molecule has 2 rings (SSSR count). The van der Waals surface area contributed by atoms with Gasteiger partial charge in [-0.1, -0.05) is 46.8 Å². The van der Waals surface area contributed by atoms with Gasteiger partial charge in [-0.3, -0.25) is 14.4 Å². The van der Waals surface area contributed by atoms with Crippen molar-refractivity contribution in [3.63, 3.8) is 0 Å². The lowest BCUT2D eigenvalue weighted by molar-refractivity contribution is -0.156. The predicted octanol–water partition coefficient (Wildman–Crippen LogP) is 4.03. The monoisotopic (exact) mass is 514 g/mol. The van der Waals surface area contributed by atoms with E-state index >= 15 is 0 Å². The second-order valence-corrected chi connectivity index (χ2v) is 9.46. The number of likely N-dealkylation sites (tertiary alicyclic amines) is 1. The molecule has 0 radical (unpaired) electrons. The highest BCUT2D eigenvalue weighted by molar-refractivity contribution is 5.85. The van der Waals surface area contributed by atoms with Gasteiger partial charge in [0.25, 0.3) is 0 Å². The Kier molecular flexibility index (Phi) is 14.1. The van der Waals surface area contributed by atoms with Gasteiger partial charge in [0.05, 0.1) is 12.3 Å². The molecular weight excluding hydrogens is 472 g/mol. The second-order valence-electron chi connectivity index (χ2n) is 9.46. The van der Waals surface area contributed by atoms with Gasteiger partial charge in [-0.15, -0.1) is 12.4 Å². The van der Waals surface area contributed by atoms with Crippen molar-refractivity contribution in [2.45, 2.75) is 71.8 Å². The first-order chi connectivity index (χ1) is 15.6. The van der Waals surface area contributed by atoms with Crippen molar-refractivity contribution in [2.24, 2.45) is 17.6 Å². The Balaban J connectivity index is 0.00000578. The third-order valence-corrected chi connectivity index (χ3v) is 6.59. The van der Waals surface area contributed by atoms with Crippen LogP contribution in [0.2, 0.25) is 0 Å². The number of esters is 2. The molecule has 9 heteroatoms. The van der Waals surface area contributed by atoms with Crippen LogP contribution in [0.1, 0.15) is 65.9 Å². The fourth-order valence-corrected chi connectivity index (χ4v) is 4.43. The van der Waals surface area contributed by atoms with Crippen LogP contribution in [0.5, 0.6) is 5.75 Å². The van der Waals surface area contributed by atoms with E-state index in [1.807, 2.05) is 12.1 Å². The summed E-state index contributed by atoms with van der Waals surface area (Å²) in [4.78, 5) is 38.3. The third-order valence-electron chi connectivity index (χ3n) is 6.59. The van der Waals surface area contributed by atoms with E-state index in [-0.39, 0.29) is 37.6 Å². The number of likely N-dealkylation sites (N-methyl/N-ethyl adjacent to an activating group) is 1. The van der Waals surface area contributed by atoms with Gasteiger partial charge in [0.2, 0.25) is 0 Å². The molecule has 0 saturated carbocycles. The number of carboxylic acid groups (broad SMARTS) is 1. The van der Waals surface area contributed by atoms with Crippen molar-refractivity contribution in [1.82, 2.24) is 4.90 Å². The minimum absolute atomic E-state index is 0. The molecule has 1 aliphatic rings. The van der Waals surface area contributed by atoms with E-state index < -0.39 is 36.5 Å². The number of carbonyl (C=O) groups excluding carboxylic acids is 2. The van der Waals surface area contributed by atoms with Crippen molar-refractivity contribution < 1.29 is 29.0 Å². The third kappa shape index (κ3) is 9.43. The van der Waals surface area contributed by atoms with E-state index in [1.165, 1.54) is 6.42 Å². The van der Waals surface area contributed by atoms with Crippen LogP contribution in [0.4, 0.5) is 0 Å². The molecular formula is C26H43ClN2O6. The van der Waals surface area contributed by atoms with Crippen LogP contribution in [0.15, 0.2) is 24.3 Å². The Morgan fingerprint density at radius 3 is 2.51 bits per heavy atom. The van der Waals surface area contributed by atoms with E-state index in [9.17, 15) is 14.4 Å². The van der Waals surface area contributed by atoms with Crippen LogP contribution in [0.25, 0.3) is 0 Å². The molecule has 3 N–H and O–H groups in total. The molecule has 0 spiro atoms. The summed E-state index contributed by atoms with van der Waals surface area (Å²) in [5.41, 5.74) is 6.56. The van der Waals surface area contributed by atoms with Crippen molar-refractivity contribution >= 4 is 30.3 Å². The fourth-order valence-electron chi connectivity index (χ4n) is 4.43. The van der Waals surface area contributed by atoms with E-state index in [4.69, 9.17) is 20.3 Å². The van der Waals surface area contributed by atoms with Crippen LogP contribution >= 0.6 is 12.4 Å². The largest absolute Gasteiger partial charge is 0.480 e. The molecule has 1 heterocycles. The van der Waals surface area contributed by atoms with Gasteiger partial charge in [-0.05, 0) is 56.5 Å². The number of benzene rings is 1. The molecule has 2 unspecified atom stereocenters. The topological polar surface area (TPSA) is 119 Å². The van der Waals surface area contributed by atoms with Crippen molar-refractivity contribution in [1.29, 1.82) is 0 Å². The van der Waals surface area contributed by atoms with Crippen LogP contribution < -0.4 is 10.5 Å². The molecule has 0 aliphatic carbocycles. The number of nitrogens with zero attached hydrogens (tertiary/aromatic N) is 1. The predicted molar refractivity (Wildman–Crippen MR) is 139 cm³/mol. The molecule has 0 aromatic heterocycles. The van der Waals surface area contributed by atoms with Crippen molar-refractivity contribution in [2.75, 3.05) is 26.7 Å². The summed E-state index contributed by atoms with van der Waals surface area (Å²) in [5, 5.41) is 8.84. The molecule has 35 heavy (non-hydrogen) atoms. The summed E-state index contributed by atoms with van der Waals surface area (Å²) < 4.78 is 10.6. The van der Waals surface area contributed by atoms with Crippen LogP contribution in [-0.2, 0) is 24.5 Å². The van der Waals surface area contributed by atoms with Gasteiger partial charge in [0.1, 0.15) is 18.4 Å². The summed E-state index contributed by atoms with van der Waals surface area (Å²) >= 11 is 0. The summed E-state index contributed by atoms with van der Waals surface area (Å²) in [7, 11) is 2.15. The van der Waals surface area contributed by atoms with Crippen molar-refractivity contribution in [3.05, 3.63) is 29.8 Å². The second kappa shape index (κ2) is 15.1. The number of ether oxygens (including phenoxy) is 2. The minimum Gasteiger partial charge on any atom is -0.480 e. The molecule has 200 valence electrons. The molecule has 1 saturated heterocycles. The number of aliphatic carboxylic acids is 1. The van der Waals surface area contributed by atoms with E-state index in [0.29, 0.717) is 5.75 Å². The first-order valence-electron chi connectivity index (χ1n) is 11.7. The summed E-state index contributed by atoms with van der Waals surface area (Å²) in [6, 6.07) is 6.39. The average molecular weight is 515 g/mol. The highest BCUT2D eigenvalue weighted by atomic mass is 35.5. The number of hydrogen-bond acceptors (Lipinski definition) is 7. The lowest BCUT2D eigenvalue weighted by atomic mass is 9.74. The molecule has 0 bridgehead atoms. The Hall–Kier alpha value is -2.16. The molecule has 1 fully saturated rings. The van der Waals surface area contributed by atoms with Gasteiger partial charge in [-0.2, -0.15) is 0 Å². The van der Waals surface area contributed by atoms with Crippen LogP contribution in [0, 0.1) is 11.8 Å². The summed E-state index contributed by atoms with van der Waals surface area (Å²) in [6.07, 6.45) is 4.26. The standard InChI is InChI=1S/C25H38N2O6.CH4.ClH/c1-5-25(11-6-7-12-27(4)16-25)18-9-8-10-19(13-18)33-22(28)14-20(17(2)3)24(31)32-15-21(26)23(29)30;;/h8-10,13,17,20-21H,5-7,11-12,14-16,26H2,1-4H3,(H,29,30);1H4;1H/t20?,21-,25?;;/m0../s1. The first-order valence-corrected chi connectivity index (χ1v) is 11.7. The number of nitrogens with two attached hydrogens (primary N) is 1. The maximum Gasteiger partial charge on any atom is 0.324 e. The number of carboxylic acids is 1. The fraction of sp³-hybridized carbons (Fsp3) is 0.654. The molecule has 3 atom stereocenters. The van der Waals surface area contributed by atoms with Gasteiger partial charge >= 0.3 is 17.9 Å². The number of rotatable bonds is 10. The van der Waals surface area contributed by atoms with Gasteiger partial charge < -0.3 is 25.2 Å². The van der Waals surface area contributed by atoms with E-state index in [0.717, 1.165) is 37.9 Å². The zero-order chi connectivity index (χ0) is 24.6. The van der Waals surface area contributed by atoms with E-state index in [2.05, 4.69) is 24.9 Å². The normalized spacial score (nSPS) is 19.9. The molecule has 8 nitrogen and oxygen atoms in total. The van der Waals surface area contributed by atoms with Crippen molar-refractivity contribution in [3.8, 4) is 5.75 Å².